The third-order valence-corrected chi connectivity index (χ3v) is 7.97. The maximum Gasteiger partial charge on any atom is 0.278 e. The van der Waals surface area contributed by atoms with Crippen LogP contribution in [0, 0.1) is 6.92 Å². The number of hydrogen-bond donors (Lipinski definition) is 7. The smallest absolute Gasteiger partial charge is 0.278 e. The zero-order chi connectivity index (χ0) is 26.1. The van der Waals surface area contributed by atoms with E-state index in [9.17, 15) is 28.5 Å². The number of aliphatic hydroxyl groups is 5. The third kappa shape index (κ3) is 5.31. The molecule has 2 aromatic rings. The lowest BCUT2D eigenvalue weighted by molar-refractivity contribution is -0.248. The highest BCUT2D eigenvalue weighted by molar-refractivity contribution is 7.89. The largest absolute Gasteiger partial charge is 0.505 e. The molecule has 3 heterocycles. The second kappa shape index (κ2) is 10.5. The molecule has 0 unspecified atom stereocenters. The van der Waals surface area contributed by atoms with E-state index in [1.54, 1.807) is 18.3 Å². The van der Waals surface area contributed by atoms with Gasteiger partial charge in [-0.2, -0.15) is 0 Å². The summed E-state index contributed by atoms with van der Waals surface area (Å²) in [6.07, 6.45) is -3.26. The summed E-state index contributed by atoms with van der Waals surface area (Å²) in [5, 5.41) is 49.3. The first-order valence-electron chi connectivity index (χ1n) is 10.2. The molecule has 2 aliphatic rings. The number of fused-ring (bicyclic) bond motifs is 1. The van der Waals surface area contributed by atoms with Gasteiger partial charge in [0.1, 0.15) is 18.3 Å². The van der Waals surface area contributed by atoms with Gasteiger partial charge < -0.3 is 36.0 Å². The molecule has 0 saturated carbocycles. The summed E-state index contributed by atoms with van der Waals surface area (Å²) in [7, 11) is -2.67. The van der Waals surface area contributed by atoms with Crippen LogP contribution in [0.3, 0.4) is 0 Å². The van der Waals surface area contributed by atoms with Crippen LogP contribution < -0.4 is 11.1 Å². The predicted molar refractivity (Wildman–Crippen MR) is 124 cm³/mol. The van der Waals surface area contributed by atoms with Gasteiger partial charge in [0.05, 0.1) is 17.5 Å². The number of aromatic nitrogens is 1. The number of aliphatic hydroxyl groups excluding tert-OH is 5. The molecule has 0 spiro atoms. The van der Waals surface area contributed by atoms with Crippen LogP contribution in [0.25, 0.3) is 5.76 Å². The van der Waals surface area contributed by atoms with Crippen LogP contribution in [0.5, 0.6) is 0 Å². The molecule has 1 aromatic carbocycles. The second-order valence-electron chi connectivity index (χ2n) is 7.70. The Hall–Kier alpha value is -2.63. The maximum absolute atomic E-state index is 12.5. The van der Waals surface area contributed by atoms with Gasteiger partial charge in [-0.3, -0.25) is 14.4 Å². The van der Waals surface area contributed by atoms with Gasteiger partial charge in [-0.05, 0) is 19.1 Å². The van der Waals surface area contributed by atoms with Crippen molar-refractivity contribution in [3.63, 3.8) is 0 Å². The first-order chi connectivity index (χ1) is 16.4. The van der Waals surface area contributed by atoms with Crippen molar-refractivity contribution < 1.29 is 43.5 Å². The number of aryl methyl sites for hydroxylation is 1. The summed E-state index contributed by atoms with van der Waals surface area (Å²) in [4.78, 5) is 17.3. The van der Waals surface area contributed by atoms with Crippen LogP contribution in [-0.2, 0) is 19.6 Å². The van der Waals surface area contributed by atoms with E-state index in [0.717, 1.165) is 9.18 Å². The lowest BCUT2D eigenvalue weighted by atomic mass is 9.98. The van der Waals surface area contributed by atoms with Crippen molar-refractivity contribution in [3.05, 3.63) is 46.6 Å². The molecule has 13 nitrogen and oxygen atoms in total. The van der Waals surface area contributed by atoms with Gasteiger partial charge >= 0.3 is 0 Å². The van der Waals surface area contributed by atoms with E-state index in [0.29, 0.717) is 5.13 Å². The van der Waals surface area contributed by atoms with Gasteiger partial charge in [0.25, 0.3) is 15.9 Å². The fraction of sp³-hybridized carbons (Fsp3) is 0.400. The van der Waals surface area contributed by atoms with Crippen LogP contribution in [-0.4, -0.2) is 93.4 Å². The van der Waals surface area contributed by atoms with Crippen molar-refractivity contribution in [1.29, 1.82) is 0 Å². The minimum atomic E-state index is -3.90. The third-order valence-electron chi connectivity index (χ3n) is 5.33. The lowest BCUT2D eigenvalue weighted by Gasteiger charge is -2.38. The lowest BCUT2D eigenvalue weighted by Crippen LogP contribution is -2.61. The van der Waals surface area contributed by atoms with Crippen molar-refractivity contribution in [2.24, 2.45) is 5.73 Å². The summed E-state index contributed by atoms with van der Waals surface area (Å²) in [6, 6.07) is 4.95. The van der Waals surface area contributed by atoms with E-state index in [2.05, 4.69) is 10.3 Å². The molecule has 5 atom stereocenters. The van der Waals surface area contributed by atoms with Crippen LogP contribution in [0.1, 0.15) is 10.4 Å². The Morgan fingerprint density at radius 3 is 2.51 bits per heavy atom. The number of amides is 1. The van der Waals surface area contributed by atoms with Crippen molar-refractivity contribution in [3.8, 4) is 0 Å². The van der Waals surface area contributed by atoms with Gasteiger partial charge in [0.2, 0.25) is 0 Å². The number of ether oxygens (including phenoxy) is 1. The quantitative estimate of drug-likeness (QED) is 0.247. The molecular weight excluding hydrogens is 504 g/mol. The number of carbonyl (C=O) groups excluding carboxylic acids is 1. The number of benzene rings is 1. The molecule has 2 aliphatic heterocycles. The van der Waals surface area contributed by atoms with Gasteiger partial charge in [0, 0.05) is 23.7 Å². The monoisotopic (exact) mass is 530 g/mol. The first kappa shape index (κ1) is 27.0. The van der Waals surface area contributed by atoms with Crippen LogP contribution in [0.2, 0.25) is 0 Å². The van der Waals surface area contributed by atoms with E-state index < -0.39 is 53.2 Å². The summed E-state index contributed by atoms with van der Waals surface area (Å²) in [5.41, 5.74) is 5.03. The van der Waals surface area contributed by atoms with Crippen molar-refractivity contribution in [1.82, 2.24) is 9.29 Å². The number of likely N-dealkylation sites (N-methyl/N-ethyl adjacent to an activating group) is 1. The van der Waals surface area contributed by atoms with E-state index in [4.69, 9.17) is 20.7 Å². The first-order valence-corrected chi connectivity index (χ1v) is 12.5. The summed E-state index contributed by atoms with van der Waals surface area (Å²) >= 11 is 1.25. The Morgan fingerprint density at radius 2 is 1.91 bits per heavy atom. The number of anilines is 1. The number of thiazole rings is 1. The molecule has 1 saturated heterocycles. The maximum atomic E-state index is 12.5. The van der Waals surface area contributed by atoms with Crippen LogP contribution in [0.4, 0.5) is 5.13 Å². The number of rotatable bonds is 3. The molecule has 0 bridgehead atoms. The van der Waals surface area contributed by atoms with E-state index in [1.807, 2.05) is 6.92 Å². The molecule has 15 heteroatoms. The molecule has 1 amide bonds. The van der Waals surface area contributed by atoms with Crippen LogP contribution in [0.15, 0.2) is 41.1 Å². The molecule has 8 N–H and O–H groups in total. The molecule has 4 rings (SSSR count). The van der Waals surface area contributed by atoms with Gasteiger partial charge in [-0.25, -0.2) is 13.4 Å². The van der Waals surface area contributed by atoms with Crippen molar-refractivity contribution >= 4 is 38.2 Å². The van der Waals surface area contributed by atoms with E-state index in [-0.39, 0.29) is 21.9 Å². The van der Waals surface area contributed by atoms with Gasteiger partial charge in [-0.15, -0.1) is 11.3 Å². The summed E-state index contributed by atoms with van der Waals surface area (Å²) in [5.74, 6) is -1.12. The second-order valence-corrected chi connectivity index (χ2v) is 10.9. The zero-order valence-corrected chi connectivity index (χ0v) is 20.3. The normalized spacial score (nSPS) is 27.5. The average Bonchev–Trinajstić information content (AvgIpc) is 3.23. The van der Waals surface area contributed by atoms with E-state index in [1.165, 1.54) is 30.5 Å². The number of nitrogens with zero attached hydrogens (tertiary/aromatic N) is 2. The Bertz CT molecular complexity index is 1210. The van der Waals surface area contributed by atoms with Crippen molar-refractivity contribution in [2.45, 2.75) is 42.5 Å². The van der Waals surface area contributed by atoms with E-state index >= 15 is 0 Å². The number of carbonyl (C=O) groups is 1. The Balaban J connectivity index is 0.000000241. The fourth-order valence-electron chi connectivity index (χ4n) is 3.37. The topological polar surface area (TPSA) is 216 Å². The standard InChI is InChI=1S/C14H13N3O4S2.C6H13NO5/c1-8-7-15-14(22-8)16-13(19)11-12(18)9-5-3-4-6-10(9)23(20,21)17(11)2;7-3-5(10)4(9)2(1-8)12-6(3)11/h3-7,18H,1-2H3,(H,15,16,19);2-6,8-11H,1,7H2/t;2-,3-,4-,5-,6-/m.1/s1. The Morgan fingerprint density at radius 1 is 1.26 bits per heavy atom. The SMILES string of the molecule is Cc1cnc(NC(=O)C2=C(O)c3ccccc3S(=O)(=O)N2C)s1.N[C@@H]1[C@@H](O)[C@H](O)[C@@H](CO)O[C@H]1O. The number of hydrogen-bond acceptors (Lipinski definition) is 12. The van der Waals surface area contributed by atoms with Crippen LogP contribution >= 0.6 is 11.3 Å². The zero-order valence-electron chi connectivity index (χ0n) is 18.6. The molecule has 1 fully saturated rings. The molecule has 0 aliphatic carbocycles. The summed E-state index contributed by atoms with van der Waals surface area (Å²) in [6.45, 7) is 1.36. The molecule has 192 valence electrons. The Kier molecular flexibility index (Phi) is 8.13. The van der Waals surface area contributed by atoms with Gasteiger partial charge in [-0.1, -0.05) is 12.1 Å². The highest BCUT2D eigenvalue weighted by atomic mass is 32.2. The Labute approximate surface area is 204 Å². The predicted octanol–water partition coefficient (Wildman–Crippen LogP) is -1.30. The average molecular weight is 531 g/mol. The molecule has 35 heavy (non-hydrogen) atoms. The van der Waals surface area contributed by atoms with Gasteiger partial charge in [0.15, 0.2) is 22.9 Å². The highest BCUT2D eigenvalue weighted by Crippen LogP contribution is 2.34. The minimum Gasteiger partial charge on any atom is -0.505 e. The number of sulfonamides is 1. The highest BCUT2D eigenvalue weighted by Gasteiger charge is 2.41. The summed E-state index contributed by atoms with van der Waals surface area (Å²) < 4.78 is 30.5. The fourth-order valence-corrected chi connectivity index (χ4v) is 5.43. The number of nitrogens with two attached hydrogens (primary N) is 1. The number of nitrogens with one attached hydrogen (secondary N) is 1. The minimum absolute atomic E-state index is 0.0401. The molecule has 0 radical (unpaired) electrons. The molecular formula is C20H26N4O9S2. The molecule has 1 aromatic heterocycles. The van der Waals surface area contributed by atoms with Crippen molar-refractivity contribution in [2.75, 3.05) is 19.0 Å².